The Morgan fingerprint density at radius 1 is 1.39 bits per heavy atom. The number of hydrogen-bond donors (Lipinski definition) is 1. The first kappa shape index (κ1) is 14.9. The second-order valence-corrected chi connectivity index (χ2v) is 4.67. The van der Waals surface area contributed by atoms with Crippen LogP contribution in [-0.4, -0.2) is 12.0 Å². The molecule has 0 fully saturated rings. The topological polar surface area (TPSA) is 24.9 Å². The minimum atomic E-state index is 0.393. The maximum absolute atomic E-state index is 4.56. The van der Waals surface area contributed by atoms with E-state index in [1.807, 2.05) is 25.4 Å². The molecular weight excluding hydrogens is 220 g/mol. The van der Waals surface area contributed by atoms with Gasteiger partial charge in [-0.25, -0.2) is 0 Å². The van der Waals surface area contributed by atoms with Crippen molar-refractivity contribution in [2.45, 2.75) is 51.5 Å². The molecule has 2 nitrogen and oxygen atoms in total. The van der Waals surface area contributed by atoms with Crippen molar-refractivity contribution in [3.63, 3.8) is 0 Å². The molecule has 0 saturated heterocycles. The minimum Gasteiger partial charge on any atom is -0.312 e. The molecule has 2 heteroatoms. The van der Waals surface area contributed by atoms with Crippen LogP contribution < -0.4 is 5.32 Å². The van der Waals surface area contributed by atoms with Crippen LogP contribution in [0.4, 0.5) is 0 Å². The summed E-state index contributed by atoms with van der Waals surface area (Å²) in [6.07, 6.45) is 11.0. The van der Waals surface area contributed by atoms with Gasteiger partial charge in [-0.15, -0.1) is 6.58 Å². The van der Waals surface area contributed by atoms with Gasteiger partial charge in [0, 0.05) is 12.2 Å². The molecule has 1 atom stereocenters. The van der Waals surface area contributed by atoms with Gasteiger partial charge in [-0.2, -0.15) is 0 Å². The van der Waals surface area contributed by atoms with Crippen molar-refractivity contribution in [3.05, 3.63) is 42.2 Å². The van der Waals surface area contributed by atoms with Gasteiger partial charge in [0.1, 0.15) is 0 Å². The van der Waals surface area contributed by atoms with E-state index >= 15 is 0 Å². The molecule has 0 aliphatic heterocycles. The van der Waals surface area contributed by atoms with Gasteiger partial charge in [-0.1, -0.05) is 31.9 Å². The number of nitrogens with zero attached hydrogens (tertiary/aromatic N) is 1. The zero-order valence-electron chi connectivity index (χ0n) is 11.8. The van der Waals surface area contributed by atoms with Crippen molar-refractivity contribution in [1.29, 1.82) is 0 Å². The van der Waals surface area contributed by atoms with Gasteiger partial charge in [-0.05, 0) is 44.4 Å². The standard InChI is InChI=1S/C16H26N2/c1-4-6-7-8-9-12-15(17-3)16-14(5-2)11-10-13-18-16/h4,10-11,13,15,17H,1,5-9,12H2,2-3H3. The first-order valence-electron chi connectivity index (χ1n) is 7.05. The van der Waals surface area contributed by atoms with Crippen molar-refractivity contribution >= 4 is 0 Å². The summed E-state index contributed by atoms with van der Waals surface area (Å²) in [5.74, 6) is 0. The van der Waals surface area contributed by atoms with Gasteiger partial charge in [0.25, 0.3) is 0 Å². The Kier molecular flexibility index (Phi) is 7.35. The number of hydrogen-bond acceptors (Lipinski definition) is 2. The monoisotopic (exact) mass is 246 g/mol. The molecule has 100 valence electrons. The number of pyridine rings is 1. The summed E-state index contributed by atoms with van der Waals surface area (Å²) in [6, 6.07) is 4.61. The predicted molar refractivity (Wildman–Crippen MR) is 78.7 cm³/mol. The molecule has 0 spiro atoms. The molecule has 0 aliphatic carbocycles. The van der Waals surface area contributed by atoms with Crippen molar-refractivity contribution in [2.75, 3.05) is 7.05 Å². The Balaban J connectivity index is 2.51. The van der Waals surface area contributed by atoms with Crippen molar-refractivity contribution in [1.82, 2.24) is 10.3 Å². The molecular formula is C16H26N2. The molecule has 18 heavy (non-hydrogen) atoms. The van der Waals surface area contributed by atoms with E-state index in [1.165, 1.54) is 30.5 Å². The van der Waals surface area contributed by atoms with E-state index in [9.17, 15) is 0 Å². The smallest absolute Gasteiger partial charge is 0.0604 e. The van der Waals surface area contributed by atoms with Crippen molar-refractivity contribution < 1.29 is 0 Å². The third-order valence-corrected chi connectivity index (χ3v) is 3.39. The van der Waals surface area contributed by atoms with Crippen LogP contribution in [0.3, 0.4) is 0 Å². The molecule has 1 aromatic heterocycles. The molecule has 1 heterocycles. The average Bonchev–Trinajstić information content (AvgIpc) is 2.43. The average molecular weight is 246 g/mol. The van der Waals surface area contributed by atoms with E-state index < -0.39 is 0 Å². The van der Waals surface area contributed by atoms with Crippen LogP contribution in [0.15, 0.2) is 31.0 Å². The molecule has 0 amide bonds. The number of aryl methyl sites for hydroxylation is 1. The maximum Gasteiger partial charge on any atom is 0.0604 e. The second-order valence-electron chi connectivity index (χ2n) is 4.67. The van der Waals surface area contributed by atoms with Gasteiger partial charge in [-0.3, -0.25) is 4.98 Å². The summed E-state index contributed by atoms with van der Waals surface area (Å²) in [6.45, 7) is 5.95. The molecule has 1 aromatic rings. The Labute approximate surface area is 112 Å². The molecule has 0 bridgehead atoms. The van der Waals surface area contributed by atoms with Gasteiger partial charge in [0.15, 0.2) is 0 Å². The lowest BCUT2D eigenvalue weighted by atomic mass is 9.99. The predicted octanol–water partition coefficient (Wildman–Crippen LogP) is 4.04. The van der Waals surface area contributed by atoms with Crippen LogP contribution in [0.1, 0.15) is 56.3 Å². The number of rotatable bonds is 9. The Morgan fingerprint density at radius 3 is 2.89 bits per heavy atom. The van der Waals surface area contributed by atoms with E-state index in [4.69, 9.17) is 0 Å². The summed E-state index contributed by atoms with van der Waals surface area (Å²) >= 11 is 0. The highest BCUT2D eigenvalue weighted by Crippen LogP contribution is 2.21. The normalized spacial score (nSPS) is 12.3. The highest BCUT2D eigenvalue weighted by molar-refractivity contribution is 5.22. The second kappa shape index (κ2) is 8.87. The third kappa shape index (κ3) is 4.61. The Bertz CT molecular complexity index is 347. The van der Waals surface area contributed by atoms with Gasteiger partial charge >= 0.3 is 0 Å². The lowest BCUT2D eigenvalue weighted by Crippen LogP contribution is -2.19. The van der Waals surface area contributed by atoms with Crippen LogP contribution >= 0.6 is 0 Å². The molecule has 1 rings (SSSR count). The van der Waals surface area contributed by atoms with E-state index in [0.29, 0.717) is 6.04 Å². The Morgan fingerprint density at radius 2 is 2.22 bits per heavy atom. The highest BCUT2D eigenvalue weighted by Gasteiger charge is 2.13. The van der Waals surface area contributed by atoms with E-state index in [-0.39, 0.29) is 0 Å². The lowest BCUT2D eigenvalue weighted by Gasteiger charge is -2.18. The summed E-state index contributed by atoms with van der Waals surface area (Å²) in [5, 5.41) is 3.40. The van der Waals surface area contributed by atoms with Crippen LogP contribution in [0, 0.1) is 0 Å². The summed E-state index contributed by atoms with van der Waals surface area (Å²) < 4.78 is 0. The molecule has 1 unspecified atom stereocenters. The van der Waals surface area contributed by atoms with Crippen LogP contribution in [0.5, 0.6) is 0 Å². The van der Waals surface area contributed by atoms with Crippen LogP contribution in [0.25, 0.3) is 0 Å². The molecule has 1 N–H and O–H groups in total. The van der Waals surface area contributed by atoms with Gasteiger partial charge in [0.2, 0.25) is 0 Å². The molecule has 0 radical (unpaired) electrons. The summed E-state index contributed by atoms with van der Waals surface area (Å²) in [5.41, 5.74) is 2.59. The van der Waals surface area contributed by atoms with Crippen LogP contribution in [0.2, 0.25) is 0 Å². The Hall–Kier alpha value is -1.15. The van der Waals surface area contributed by atoms with E-state index in [0.717, 1.165) is 19.3 Å². The zero-order valence-corrected chi connectivity index (χ0v) is 11.8. The first-order valence-corrected chi connectivity index (χ1v) is 7.05. The zero-order chi connectivity index (χ0) is 13.2. The summed E-state index contributed by atoms with van der Waals surface area (Å²) in [7, 11) is 2.03. The number of unbranched alkanes of at least 4 members (excludes halogenated alkanes) is 3. The highest BCUT2D eigenvalue weighted by atomic mass is 14.9. The van der Waals surface area contributed by atoms with Gasteiger partial charge in [0.05, 0.1) is 5.69 Å². The quantitative estimate of drug-likeness (QED) is 0.525. The number of aromatic nitrogens is 1. The van der Waals surface area contributed by atoms with E-state index in [1.54, 1.807) is 0 Å². The molecule has 0 saturated carbocycles. The number of nitrogens with one attached hydrogen (secondary N) is 1. The largest absolute Gasteiger partial charge is 0.312 e. The SMILES string of the molecule is C=CCCCCCC(NC)c1ncccc1CC. The summed E-state index contributed by atoms with van der Waals surface area (Å²) in [4.78, 5) is 4.56. The third-order valence-electron chi connectivity index (χ3n) is 3.39. The van der Waals surface area contributed by atoms with E-state index in [2.05, 4.69) is 29.9 Å². The fraction of sp³-hybridized carbons (Fsp3) is 0.562. The lowest BCUT2D eigenvalue weighted by molar-refractivity contribution is 0.494. The molecule has 0 aliphatic rings. The van der Waals surface area contributed by atoms with Crippen molar-refractivity contribution in [2.24, 2.45) is 0 Å². The number of allylic oxidation sites excluding steroid dienone is 1. The minimum absolute atomic E-state index is 0.393. The van der Waals surface area contributed by atoms with Crippen LogP contribution in [-0.2, 0) is 6.42 Å². The maximum atomic E-state index is 4.56. The fourth-order valence-corrected chi connectivity index (χ4v) is 2.30. The van der Waals surface area contributed by atoms with Crippen molar-refractivity contribution in [3.8, 4) is 0 Å². The van der Waals surface area contributed by atoms with Gasteiger partial charge < -0.3 is 5.32 Å². The molecule has 0 aromatic carbocycles. The first-order chi connectivity index (χ1) is 8.83. The fourth-order valence-electron chi connectivity index (χ4n) is 2.30.